The summed E-state index contributed by atoms with van der Waals surface area (Å²) in [5, 5.41) is 18.6. The maximum atomic E-state index is 10.6. The van der Waals surface area contributed by atoms with Gasteiger partial charge in [-0.3, -0.25) is 9.78 Å². The molecule has 29 heavy (non-hydrogen) atoms. The molecule has 8 heteroatoms. The molecule has 0 saturated carbocycles. The van der Waals surface area contributed by atoms with Gasteiger partial charge in [-0.15, -0.1) is 0 Å². The molecule has 0 heterocycles. The summed E-state index contributed by atoms with van der Waals surface area (Å²) < 4.78 is 14.9. The van der Waals surface area contributed by atoms with E-state index in [4.69, 9.17) is 15.0 Å². The quantitative estimate of drug-likeness (QED) is 0.0593. The molecule has 0 saturated heterocycles. The standard InChI is InChI=1S/C21H43O7P/c1-2-3-4-5-6-7-8-9-10-11-12-13-14-15-16-17-18-20(22)21(28-23)19-27-29(24,25)26/h9-10,20-23H,2-8,11-19H2,1H3,(H2,24,25,26)/b10-9-. The van der Waals surface area contributed by atoms with Crippen molar-refractivity contribution in [3.05, 3.63) is 12.2 Å². The summed E-state index contributed by atoms with van der Waals surface area (Å²) in [6.07, 6.45) is 19.6. The molecule has 0 rings (SSSR count). The highest BCUT2D eigenvalue weighted by atomic mass is 31.2. The van der Waals surface area contributed by atoms with Crippen LogP contribution >= 0.6 is 7.82 Å². The van der Waals surface area contributed by atoms with E-state index >= 15 is 0 Å². The van der Waals surface area contributed by atoms with Crippen molar-refractivity contribution in [1.29, 1.82) is 0 Å². The highest BCUT2D eigenvalue weighted by Gasteiger charge is 2.24. The topological polar surface area (TPSA) is 116 Å². The smallest absolute Gasteiger partial charge is 0.390 e. The number of unbranched alkanes of at least 4 members (excludes halogenated alkanes) is 12. The number of rotatable bonds is 21. The van der Waals surface area contributed by atoms with Crippen molar-refractivity contribution >= 4 is 7.82 Å². The largest absolute Gasteiger partial charge is 0.469 e. The number of hydrogen-bond acceptors (Lipinski definition) is 5. The molecule has 4 N–H and O–H groups in total. The summed E-state index contributed by atoms with van der Waals surface area (Å²) in [4.78, 5) is 21.3. The first-order chi connectivity index (χ1) is 13.9. The molecule has 0 aliphatic rings. The molecule has 0 fully saturated rings. The zero-order valence-electron chi connectivity index (χ0n) is 18.1. The van der Waals surface area contributed by atoms with Crippen LogP contribution < -0.4 is 0 Å². The van der Waals surface area contributed by atoms with E-state index in [1.54, 1.807) is 0 Å². The van der Waals surface area contributed by atoms with Crippen molar-refractivity contribution in [1.82, 2.24) is 0 Å². The number of aliphatic hydroxyl groups is 1. The lowest BCUT2D eigenvalue weighted by Crippen LogP contribution is -2.32. The van der Waals surface area contributed by atoms with E-state index < -0.39 is 26.6 Å². The number of phosphoric ester groups is 1. The molecular weight excluding hydrogens is 395 g/mol. The van der Waals surface area contributed by atoms with Crippen LogP contribution in [0.25, 0.3) is 0 Å². The lowest BCUT2D eigenvalue weighted by atomic mass is 10.0. The summed E-state index contributed by atoms with van der Waals surface area (Å²) in [6, 6.07) is 0. The highest BCUT2D eigenvalue weighted by molar-refractivity contribution is 7.46. The maximum Gasteiger partial charge on any atom is 0.469 e. The van der Waals surface area contributed by atoms with Gasteiger partial charge in [0.15, 0.2) is 0 Å². The second-order valence-electron chi connectivity index (χ2n) is 7.72. The molecule has 0 amide bonds. The van der Waals surface area contributed by atoms with Gasteiger partial charge in [-0.25, -0.2) is 9.45 Å². The van der Waals surface area contributed by atoms with E-state index in [0.717, 1.165) is 32.1 Å². The van der Waals surface area contributed by atoms with Crippen molar-refractivity contribution < 1.29 is 34.1 Å². The third-order valence-electron chi connectivity index (χ3n) is 4.98. The average Bonchev–Trinajstić information content (AvgIpc) is 2.67. The number of hydrogen-bond donors (Lipinski definition) is 4. The fourth-order valence-corrected chi connectivity index (χ4v) is 3.51. The van der Waals surface area contributed by atoms with Crippen LogP contribution in [0.15, 0.2) is 12.2 Å². The first-order valence-corrected chi connectivity index (χ1v) is 12.8. The second kappa shape index (κ2) is 19.7. The summed E-state index contributed by atoms with van der Waals surface area (Å²) >= 11 is 0. The Hall–Kier alpha value is -0.270. The Kier molecular flexibility index (Phi) is 19.5. The third-order valence-corrected chi connectivity index (χ3v) is 5.47. The van der Waals surface area contributed by atoms with Gasteiger partial charge < -0.3 is 14.9 Å². The Bertz CT molecular complexity index is 425. The molecule has 0 aromatic carbocycles. The minimum Gasteiger partial charge on any atom is -0.390 e. The zero-order valence-corrected chi connectivity index (χ0v) is 19.0. The first-order valence-electron chi connectivity index (χ1n) is 11.2. The molecular formula is C21H43O7P. The summed E-state index contributed by atoms with van der Waals surface area (Å²) in [7, 11) is -4.64. The van der Waals surface area contributed by atoms with Gasteiger partial charge >= 0.3 is 7.82 Å². The van der Waals surface area contributed by atoms with Crippen LogP contribution in [0.5, 0.6) is 0 Å². The van der Waals surface area contributed by atoms with Crippen molar-refractivity contribution in [2.24, 2.45) is 0 Å². The van der Waals surface area contributed by atoms with Gasteiger partial charge in [-0.05, 0) is 32.1 Å². The zero-order chi connectivity index (χ0) is 21.8. The van der Waals surface area contributed by atoms with Crippen molar-refractivity contribution in [3.8, 4) is 0 Å². The third kappa shape index (κ3) is 20.8. The van der Waals surface area contributed by atoms with E-state index in [-0.39, 0.29) is 0 Å². The van der Waals surface area contributed by atoms with Crippen molar-refractivity contribution in [2.45, 2.75) is 115 Å². The van der Waals surface area contributed by atoms with Gasteiger partial charge in [0.05, 0.1) is 12.7 Å². The van der Waals surface area contributed by atoms with E-state index in [9.17, 15) is 9.67 Å². The molecule has 0 aromatic rings. The SMILES string of the molecule is CCCCCCCC/C=C\CCCCCCCCC(O)C(COP(=O)(O)O)OO. The van der Waals surface area contributed by atoms with Gasteiger partial charge in [0.25, 0.3) is 0 Å². The van der Waals surface area contributed by atoms with E-state index in [0.29, 0.717) is 6.42 Å². The Morgan fingerprint density at radius 1 is 0.828 bits per heavy atom. The van der Waals surface area contributed by atoms with Crippen molar-refractivity contribution in [2.75, 3.05) is 6.61 Å². The van der Waals surface area contributed by atoms with Crippen LogP contribution in [0, 0.1) is 0 Å². The predicted octanol–water partition coefficient (Wildman–Crippen LogP) is 5.74. The Labute approximate surface area is 176 Å². The second-order valence-corrected chi connectivity index (χ2v) is 8.96. The molecule has 0 radical (unpaired) electrons. The van der Waals surface area contributed by atoms with Gasteiger partial charge in [-0.1, -0.05) is 83.3 Å². The molecule has 2 atom stereocenters. The lowest BCUT2D eigenvalue weighted by Gasteiger charge is -2.19. The fourth-order valence-electron chi connectivity index (χ4n) is 3.17. The molecule has 2 unspecified atom stereocenters. The number of phosphoric acid groups is 1. The molecule has 0 aromatic heterocycles. The Morgan fingerprint density at radius 3 is 1.79 bits per heavy atom. The fraction of sp³-hybridized carbons (Fsp3) is 0.905. The van der Waals surface area contributed by atoms with Crippen LogP contribution in [0.4, 0.5) is 0 Å². The summed E-state index contributed by atoms with van der Waals surface area (Å²) in [6.45, 7) is 1.68. The molecule has 0 spiro atoms. The monoisotopic (exact) mass is 438 g/mol. The molecule has 7 nitrogen and oxygen atoms in total. The number of aliphatic hydroxyl groups excluding tert-OH is 1. The van der Waals surface area contributed by atoms with Crippen LogP contribution in [0.1, 0.15) is 103 Å². The van der Waals surface area contributed by atoms with Crippen LogP contribution in [0.2, 0.25) is 0 Å². The normalized spacial score (nSPS) is 14.5. The Morgan fingerprint density at radius 2 is 1.31 bits per heavy atom. The summed E-state index contributed by atoms with van der Waals surface area (Å²) in [5.74, 6) is 0. The minimum atomic E-state index is -4.64. The minimum absolute atomic E-state index is 0.386. The highest BCUT2D eigenvalue weighted by Crippen LogP contribution is 2.36. The molecule has 0 aliphatic heterocycles. The van der Waals surface area contributed by atoms with Gasteiger partial charge in [-0.2, -0.15) is 0 Å². The van der Waals surface area contributed by atoms with Crippen molar-refractivity contribution in [3.63, 3.8) is 0 Å². The lowest BCUT2D eigenvalue weighted by molar-refractivity contribution is -0.302. The van der Waals surface area contributed by atoms with Gasteiger partial charge in [0, 0.05) is 0 Å². The Balaban J connectivity index is 3.47. The van der Waals surface area contributed by atoms with Gasteiger partial charge in [0.2, 0.25) is 0 Å². The maximum absolute atomic E-state index is 10.6. The molecule has 0 bridgehead atoms. The van der Waals surface area contributed by atoms with E-state index in [1.165, 1.54) is 57.8 Å². The number of allylic oxidation sites excluding steroid dienone is 2. The molecule has 0 aliphatic carbocycles. The van der Waals surface area contributed by atoms with Crippen LogP contribution in [0.3, 0.4) is 0 Å². The van der Waals surface area contributed by atoms with Crippen LogP contribution in [-0.4, -0.2) is 39.0 Å². The predicted molar refractivity (Wildman–Crippen MR) is 116 cm³/mol. The van der Waals surface area contributed by atoms with E-state index in [1.807, 2.05) is 0 Å². The average molecular weight is 439 g/mol. The van der Waals surface area contributed by atoms with Crippen LogP contribution in [-0.2, 0) is 14.0 Å². The first kappa shape index (κ1) is 28.7. The van der Waals surface area contributed by atoms with Gasteiger partial charge in [0.1, 0.15) is 6.10 Å². The summed E-state index contributed by atoms with van der Waals surface area (Å²) in [5.41, 5.74) is 0. The molecule has 174 valence electrons. The van der Waals surface area contributed by atoms with E-state index in [2.05, 4.69) is 28.5 Å².